The van der Waals surface area contributed by atoms with E-state index in [-0.39, 0.29) is 0 Å². The van der Waals surface area contributed by atoms with Gasteiger partial charge in [0, 0.05) is 11.8 Å². The number of hydrogen-bond acceptors (Lipinski definition) is 5. The minimum Gasteiger partial charge on any atom is -0.465 e. The average Bonchev–Trinajstić information content (AvgIpc) is 2.55. The highest BCUT2D eigenvalue weighted by Crippen LogP contribution is 2.27. The number of esters is 1. The summed E-state index contributed by atoms with van der Waals surface area (Å²) in [5.74, 6) is -0.432. The van der Waals surface area contributed by atoms with E-state index in [2.05, 4.69) is 15.2 Å². The molecule has 0 spiro atoms. The van der Waals surface area contributed by atoms with E-state index in [1.54, 1.807) is 42.6 Å². The van der Waals surface area contributed by atoms with Crippen LogP contribution in [0.2, 0.25) is 0 Å². The maximum absolute atomic E-state index is 11.7. The van der Waals surface area contributed by atoms with Crippen molar-refractivity contribution in [3.63, 3.8) is 0 Å². The number of carbonyl (C=O) groups excluding carboxylic acids is 1. The van der Waals surface area contributed by atoms with Gasteiger partial charge in [-0.1, -0.05) is 12.1 Å². The molecule has 0 atom stereocenters. The summed E-state index contributed by atoms with van der Waals surface area (Å²) in [6.07, 6.45) is 1.71. The first-order chi connectivity index (χ1) is 10.2. The lowest BCUT2D eigenvalue weighted by atomic mass is 10.0. The molecule has 21 heavy (non-hydrogen) atoms. The summed E-state index contributed by atoms with van der Waals surface area (Å²) >= 11 is 0. The number of nitrogens with one attached hydrogen (secondary N) is 1. The number of aromatic amines is 1. The average molecular weight is 281 g/mol. The van der Waals surface area contributed by atoms with Gasteiger partial charge in [0.15, 0.2) is 0 Å². The summed E-state index contributed by atoms with van der Waals surface area (Å²) in [5, 5.41) is 7.59. The number of pyridine rings is 1. The Morgan fingerprint density at radius 3 is 2.86 bits per heavy atom. The molecule has 0 radical (unpaired) electrons. The van der Waals surface area contributed by atoms with Crippen molar-refractivity contribution in [3.05, 3.63) is 58.5 Å². The van der Waals surface area contributed by atoms with Crippen molar-refractivity contribution in [2.24, 2.45) is 0 Å². The third-order valence-corrected chi connectivity index (χ3v) is 3.12. The molecule has 0 unspecified atom stereocenters. The highest BCUT2D eigenvalue weighted by Gasteiger charge is 2.16. The lowest BCUT2D eigenvalue weighted by Gasteiger charge is -2.09. The van der Waals surface area contributed by atoms with Gasteiger partial charge in [-0.3, -0.25) is 4.79 Å². The second kappa shape index (κ2) is 5.16. The van der Waals surface area contributed by atoms with Crippen molar-refractivity contribution >= 4 is 5.97 Å². The lowest BCUT2D eigenvalue weighted by molar-refractivity contribution is 0.0601. The van der Waals surface area contributed by atoms with Gasteiger partial charge in [0.2, 0.25) is 0 Å². The molecule has 2 aliphatic heterocycles. The van der Waals surface area contributed by atoms with Crippen LogP contribution in [0.4, 0.5) is 0 Å². The van der Waals surface area contributed by atoms with Crippen LogP contribution in [0.5, 0.6) is 0 Å². The molecule has 2 aliphatic rings. The molecule has 0 aliphatic carbocycles. The second-order valence-electron chi connectivity index (χ2n) is 4.38. The molecule has 2 heterocycles. The number of fused-ring (bicyclic) bond motifs is 1. The normalized spacial score (nSPS) is 10.5. The summed E-state index contributed by atoms with van der Waals surface area (Å²) in [4.78, 5) is 26.3. The van der Waals surface area contributed by atoms with E-state index in [1.165, 1.54) is 7.11 Å². The predicted molar refractivity (Wildman–Crippen MR) is 76.1 cm³/mol. The topological polar surface area (TPSA) is 84.9 Å². The zero-order chi connectivity index (χ0) is 14.8. The Labute approximate surface area is 119 Å². The van der Waals surface area contributed by atoms with Gasteiger partial charge in [-0.05, 0) is 24.3 Å². The van der Waals surface area contributed by atoms with Gasteiger partial charge >= 0.3 is 5.97 Å². The van der Waals surface area contributed by atoms with Gasteiger partial charge in [-0.2, -0.15) is 0 Å². The number of ether oxygens (including phenoxy) is 1. The molecular formula is C15H11N3O3. The second-order valence-corrected chi connectivity index (χ2v) is 4.38. The van der Waals surface area contributed by atoms with Gasteiger partial charge in [-0.15, -0.1) is 10.2 Å². The van der Waals surface area contributed by atoms with Crippen molar-refractivity contribution in [3.8, 4) is 22.5 Å². The highest BCUT2D eigenvalue weighted by molar-refractivity contribution is 5.91. The largest absolute Gasteiger partial charge is 0.465 e. The Hall–Kier alpha value is -3.02. The SMILES string of the molecule is COC(=O)c1cccc(-c2nnc(=O)c3ccc[nH]c2-3)c1. The van der Waals surface area contributed by atoms with Crippen LogP contribution >= 0.6 is 0 Å². The van der Waals surface area contributed by atoms with E-state index in [9.17, 15) is 9.59 Å². The number of aromatic nitrogens is 3. The van der Waals surface area contributed by atoms with Crippen molar-refractivity contribution in [1.82, 2.24) is 15.2 Å². The van der Waals surface area contributed by atoms with Crippen LogP contribution in [0, 0.1) is 0 Å². The first-order valence-electron chi connectivity index (χ1n) is 6.23. The number of benzene rings is 1. The highest BCUT2D eigenvalue weighted by atomic mass is 16.5. The molecule has 0 aromatic heterocycles. The molecule has 104 valence electrons. The molecule has 0 saturated heterocycles. The van der Waals surface area contributed by atoms with Crippen LogP contribution in [0.15, 0.2) is 47.4 Å². The molecule has 0 fully saturated rings. The van der Waals surface area contributed by atoms with E-state index in [0.717, 1.165) is 0 Å². The smallest absolute Gasteiger partial charge is 0.337 e. The maximum atomic E-state index is 11.7. The number of carbonyl (C=O) groups is 1. The number of methoxy groups -OCH3 is 1. The van der Waals surface area contributed by atoms with Crippen LogP contribution in [0.25, 0.3) is 22.5 Å². The van der Waals surface area contributed by atoms with Crippen LogP contribution in [0.1, 0.15) is 10.4 Å². The molecule has 1 aromatic rings. The van der Waals surface area contributed by atoms with Gasteiger partial charge in [0.25, 0.3) is 5.56 Å². The molecular weight excluding hydrogens is 270 g/mol. The monoisotopic (exact) mass is 281 g/mol. The molecule has 1 N–H and O–H groups in total. The Morgan fingerprint density at radius 2 is 2.05 bits per heavy atom. The van der Waals surface area contributed by atoms with Gasteiger partial charge in [0.05, 0.1) is 23.9 Å². The Balaban J connectivity index is 2.20. The first-order valence-corrected chi connectivity index (χ1v) is 6.23. The fourth-order valence-corrected chi connectivity index (χ4v) is 2.12. The molecule has 0 saturated carbocycles. The fourth-order valence-electron chi connectivity index (χ4n) is 2.12. The molecule has 3 rings (SSSR count). The maximum Gasteiger partial charge on any atom is 0.337 e. The van der Waals surface area contributed by atoms with E-state index in [4.69, 9.17) is 4.74 Å². The summed E-state index contributed by atoms with van der Waals surface area (Å²) in [6.45, 7) is 0. The third-order valence-electron chi connectivity index (χ3n) is 3.12. The van der Waals surface area contributed by atoms with Crippen molar-refractivity contribution < 1.29 is 9.53 Å². The van der Waals surface area contributed by atoms with Gasteiger partial charge in [0.1, 0.15) is 5.69 Å². The first kappa shape index (κ1) is 13.0. The lowest BCUT2D eigenvalue weighted by Crippen LogP contribution is -2.14. The van der Waals surface area contributed by atoms with Crippen LogP contribution < -0.4 is 5.56 Å². The molecule has 6 nitrogen and oxygen atoms in total. The minimum absolute atomic E-state index is 0.394. The zero-order valence-electron chi connectivity index (χ0n) is 11.2. The van der Waals surface area contributed by atoms with E-state index >= 15 is 0 Å². The zero-order valence-corrected chi connectivity index (χ0v) is 11.2. The third kappa shape index (κ3) is 2.27. The van der Waals surface area contributed by atoms with E-state index in [1.807, 2.05) is 0 Å². The predicted octanol–water partition coefficient (Wildman–Crippen LogP) is 1.72. The minimum atomic E-state index is -0.432. The van der Waals surface area contributed by atoms with E-state index < -0.39 is 11.5 Å². The van der Waals surface area contributed by atoms with Crippen molar-refractivity contribution in [1.29, 1.82) is 0 Å². The van der Waals surface area contributed by atoms with E-state index in [0.29, 0.717) is 28.1 Å². The summed E-state index contributed by atoms with van der Waals surface area (Å²) in [5.41, 5.74) is 2.24. The van der Waals surface area contributed by atoms with Gasteiger partial charge in [-0.25, -0.2) is 4.79 Å². The summed E-state index contributed by atoms with van der Waals surface area (Å²) in [6, 6.07) is 10.2. The molecule has 6 heteroatoms. The van der Waals surface area contributed by atoms with Crippen LogP contribution in [-0.4, -0.2) is 28.3 Å². The molecule has 0 amide bonds. The summed E-state index contributed by atoms with van der Waals surface area (Å²) in [7, 11) is 1.32. The Bertz CT molecular complexity index is 841. The number of nitrogens with zero attached hydrogens (tertiary/aromatic N) is 2. The quantitative estimate of drug-likeness (QED) is 0.723. The Kier molecular flexibility index (Phi) is 3.19. The van der Waals surface area contributed by atoms with Crippen molar-refractivity contribution in [2.45, 2.75) is 0 Å². The number of hydrogen-bond donors (Lipinski definition) is 1. The van der Waals surface area contributed by atoms with Crippen LogP contribution in [-0.2, 0) is 4.74 Å². The fraction of sp³-hybridized carbons (Fsp3) is 0.0667. The summed E-state index contributed by atoms with van der Waals surface area (Å²) < 4.78 is 4.70. The van der Waals surface area contributed by atoms with Crippen molar-refractivity contribution in [2.75, 3.05) is 7.11 Å². The molecule has 0 bridgehead atoms. The Morgan fingerprint density at radius 1 is 1.19 bits per heavy atom. The van der Waals surface area contributed by atoms with Gasteiger partial charge < -0.3 is 9.72 Å². The standard InChI is InChI=1S/C15H11N3O3/c1-21-15(20)10-5-2-4-9(8-10)12-13-11(6-3-7-16-13)14(19)18-17-12/h2-8,16H,1H3. The number of H-pyrrole nitrogens is 1. The number of rotatable bonds is 2. The molecule has 1 aromatic carbocycles. The van der Waals surface area contributed by atoms with Crippen LogP contribution in [0.3, 0.4) is 0 Å².